The lowest BCUT2D eigenvalue weighted by atomic mass is 10.2. The lowest BCUT2D eigenvalue weighted by Crippen LogP contribution is -2.39. The average molecular weight is 510 g/mol. The number of aryl methyl sites for hydroxylation is 1. The summed E-state index contributed by atoms with van der Waals surface area (Å²) in [6, 6.07) is 10.4. The summed E-state index contributed by atoms with van der Waals surface area (Å²) in [5, 5.41) is 3.92. The number of carbonyl (C=O) groups excluding carboxylic acids is 1. The quantitative estimate of drug-likeness (QED) is 0.301. The molecular formula is C21H24BrN3O5S. The number of halogens is 1. The lowest BCUT2D eigenvalue weighted by Gasteiger charge is -2.23. The molecule has 10 heteroatoms. The Morgan fingerprint density at radius 3 is 2.65 bits per heavy atom. The van der Waals surface area contributed by atoms with E-state index in [4.69, 9.17) is 9.47 Å². The standard InChI is InChI=1S/C21H24BrN3O5S/c1-5-10-30-21-17(22)11-16(12-19(21)29-3)13-23-24-20(26)14-25(31(4,27)28)18-9-7-6-8-15(18)2/h5-9,11-13H,1,10,14H2,2-4H3,(H,24,26)/b23-13-. The third-order valence-electron chi connectivity index (χ3n) is 4.07. The van der Waals surface area contributed by atoms with Crippen molar-refractivity contribution >= 4 is 43.8 Å². The molecule has 166 valence electrons. The van der Waals surface area contributed by atoms with Gasteiger partial charge in [0, 0.05) is 0 Å². The van der Waals surface area contributed by atoms with Crippen LogP contribution < -0.4 is 19.2 Å². The second-order valence-corrected chi connectivity index (χ2v) is 9.24. The first kappa shape index (κ1) is 24.4. The van der Waals surface area contributed by atoms with Gasteiger partial charge in [-0.2, -0.15) is 5.10 Å². The van der Waals surface area contributed by atoms with Gasteiger partial charge in [-0.15, -0.1) is 0 Å². The van der Waals surface area contributed by atoms with Gasteiger partial charge in [0.2, 0.25) is 10.0 Å². The van der Waals surface area contributed by atoms with E-state index in [9.17, 15) is 13.2 Å². The van der Waals surface area contributed by atoms with Crippen molar-refractivity contribution in [3.8, 4) is 11.5 Å². The summed E-state index contributed by atoms with van der Waals surface area (Å²) >= 11 is 3.42. The van der Waals surface area contributed by atoms with Gasteiger partial charge in [-0.3, -0.25) is 9.10 Å². The summed E-state index contributed by atoms with van der Waals surface area (Å²) in [5.74, 6) is 0.416. The van der Waals surface area contributed by atoms with Crippen LogP contribution in [0, 0.1) is 6.92 Å². The highest BCUT2D eigenvalue weighted by molar-refractivity contribution is 9.10. The highest BCUT2D eigenvalue weighted by atomic mass is 79.9. The third-order valence-corrected chi connectivity index (χ3v) is 5.79. The zero-order valence-corrected chi connectivity index (χ0v) is 19.9. The van der Waals surface area contributed by atoms with Gasteiger partial charge in [-0.25, -0.2) is 13.8 Å². The van der Waals surface area contributed by atoms with E-state index >= 15 is 0 Å². The molecule has 0 aliphatic rings. The van der Waals surface area contributed by atoms with E-state index in [2.05, 4.69) is 33.0 Å². The molecule has 0 spiro atoms. The minimum absolute atomic E-state index is 0.316. The normalized spacial score (nSPS) is 11.2. The van der Waals surface area contributed by atoms with Crippen LogP contribution in [0.2, 0.25) is 0 Å². The largest absolute Gasteiger partial charge is 0.493 e. The number of methoxy groups -OCH3 is 1. The fourth-order valence-electron chi connectivity index (χ4n) is 2.67. The first-order valence-electron chi connectivity index (χ1n) is 9.13. The van der Waals surface area contributed by atoms with Crippen molar-refractivity contribution in [2.75, 3.05) is 30.8 Å². The Morgan fingerprint density at radius 2 is 2.03 bits per heavy atom. The fraction of sp³-hybridized carbons (Fsp3) is 0.238. The Morgan fingerprint density at radius 1 is 1.32 bits per heavy atom. The number of hydrogen-bond donors (Lipinski definition) is 1. The average Bonchev–Trinajstić information content (AvgIpc) is 2.70. The molecule has 31 heavy (non-hydrogen) atoms. The van der Waals surface area contributed by atoms with E-state index in [0.717, 1.165) is 16.1 Å². The number of rotatable bonds is 10. The Labute approximate surface area is 190 Å². The highest BCUT2D eigenvalue weighted by Crippen LogP contribution is 2.36. The number of para-hydroxylation sites is 1. The van der Waals surface area contributed by atoms with Crippen molar-refractivity contribution in [3.05, 3.63) is 64.7 Å². The molecule has 1 N–H and O–H groups in total. The van der Waals surface area contributed by atoms with Gasteiger partial charge >= 0.3 is 0 Å². The smallest absolute Gasteiger partial charge is 0.260 e. The van der Waals surface area contributed by atoms with Gasteiger partial charge in [0.15, 0.2) is 11.5 Å². The molecule has 0 atom stereocenters. The molecule has 1 amide bonds. The Kier molecular flexibility index (Phi) is 8.64. The monoisotopic (exact) mass is 509 g/mol. The van der Waals surface area contributed by atoms with Crippen molar-refractivity contribution in [2.24, 2.45) is 5.10 Å². The molecule has 0 saturated heterocycles. The number of nitrogens with zero attached hydrogens (tertiary/aromatic N) is 2. The number of anilines is 1. The molecule has 2 aromatic carbocycles. The second kappa shape index (κ2) is 11.0. The summed E-state index contributed by atoms with van der Waals surface area (Å²) in [5.41, 5.74) is 4.16. The Hall–Kier alpha value is -2.85. The molecule has 0 unspecified atom stereocenters. The van der Waals surface area contributed by atoms with Crippen LogP contribution in [0.1, 0.15) is 11.1 Å². The van der Waals surface area contributed by atoms with Crippen LogP contribution in [0.3, 0.4) is 0 Å². The number of amides is 1. The van der Waals surface area contributed by atoms with Crippen molar-refractivity contribution in [1.29, 1.82) is 0 Å². The van der Waals surface area contributed by atoms with Gasteiger partial charge in [0.05, 0.1) is 29.7 Å². The number of hydrogen-bond acceptors (Lipinski definition) is 6. The molecule has 2 aromatic rings. The van der Waals surface area contributed by atoms with E-state index in [1.807, 2.05) is 0 Å². The first-order chi connectivity index (χ1) is 14.7. The fourth-order valence-corrected chi connectivity index (χ4v) is 4.15. The first-order valence-corrected chi connectivity index (χ1v) is 11.8. The zero-order valence-electron chi connectivity index (χ0n) is 17.5. The summed E-state index contributed by atoms with van der Waals surface area (Å²) in [6.45, 7) is 5.30. The SMILES string of the molecule is C=CCOc1c(Br)cc(/C=N\NC(=O)CN(c2ccccc2C)S(C)(=O)=O)cc1OC. The van der Waals surface area contributed by atoms with Crippen LogP contribution in [-0.4, -0.2) is 47.1 Å². The van der Waals surface area contributed by atoms with E-state index < -0.39 is 22.5 Å². The molecule has 0 heterocycles. The molecule has 8 nitrogen and oxygen atoms in total. The number of benzene rings is 2. The molecule has 0 saturated carbocycles. The maximum absolute atomic E-state index is 12.3. The van der Waals surface area contributed by atoms with Gasteiger partial charge in [-0.1, -0.05) is 30.9 Å². The number of hydrazone groups is 1. The minimum atomic E-state index is -3.66. The number of ether oxygens (including phenoxy) is 2. The molecule has 0 aromatic heterocycles. The van der Waals surface area contributed by atoms with Crippen LogP contribution in [0.15, 0.2) is 58.6 Å². The molecule has 0 bridgehead atoms. The molecule has 0 aliphatic carbocycles. The summed E-state index contributed by atoms with van der Waals surface area (Å²) in [6.07, 6.45) is 4.09. The summed E-state index contributed by atoms with van der Waals surface area (Å²) in [4.78, 5) is 12.3. The van der Waals surface area contributed by atoms with Crippen LogP contribution >= 0.6 is 15.9 Å². The second-order valence-electron chi connectivity index (χ2n) is 6.48. The third kappa shape index (κ3) is 6.83. The van der Waals surface area contributed by atoms with Crippen LogP contribution in [0.25, 0.3) is 0 Å². The van der Waals surface area contributed by atoms with Crippen molar-refractivity contribution in [2.45, 2.75) is 6.92 Å². The molecule has 2 rings (SSSR count). The number of sulfonamides is 1. The molecular weight excluding hydrogens is 486 g/mol. The van der Waals surface area contributed by atoms with Gasteiger partial charge < -0.3 is 9.47 Å². The predicted octanol–water partition coefficient (Wildman–Crippen LogP) is 3.25. The topological polar surface area (TPSA) is 97.3 Å². The van der Waals surface area contributed by atoms with E-state index in [1.165, 1.54) is 13.3 Å². The molecule has 0 fully saturated rings. The Bertz CT molecular complexity index is 1090. The summed E-state index contributed by atoms with van der Waals surface area (Å²) < 4.78 is 37.0. The predicted molar refractivity (Wildman–Crippen MR) is 125 cm³/mol. The maximum atomic E-state index is 12.3. The van der Waals surface area contributed by atoms with Crippen LogP contribution in [0.5, 0.6) is 11.5 Å². The van der Waals surface area contributed by atoms with Crippen LogP contribution in [-0.2, 0) is 14.8 Å². The lowest BCUT2D eigenvalue weighted by molar-refractivity contribution is -0.119. The molecule has 0 radical (unpaired) electrons. The van der Waals surface area contributed by atoms with Gasteiger partial charge in [0.25, 0.3) is 5.91 Å². The summed E-state index contributed by atoms with van der Waals surface area (Å²) in [7, 11) is -2.15. The molecule has 0 aliphatic heterocycles. The number of carbonyl (C=O) groups is 1. The zero-order chi connectivity index (χ0) is 23.0. The van der Waals surface area contributed by atoms with Gasteiger partial charge in [-0.05, 0) is 52.2 Å². The minimum Gasteiger partial charge on any atom is -0.493 e. The van der Waals surface area contributed by atoms with Gasteiger partial charge in [0.1, 0.15) is 13.2 Å². The van der Waals surface area contributed by atoms with Crippen molar-refractivity contribution in [1.82, 2.24) is 5.43 Å². The Balaban J connectivity index is 2.13. The highest BCUT2D eigenvalue weighted by Gasteiger charge is 2.22. The van der Waals surface area contributed by atoms with E-state index in [1.54, 1.807) is 49.4 Å². The van der Waals surface area contributed by atoms with Crippen molar-refractivity contribution in [3.63, 3.8) is 0 Å². The van der Waals surface area contributed by atoms with Crippen LogP contribution in [0.4, 0.5) is 5.69 Å². The van der Waals surface area contributed by atoms with E-state index in [0.29, 0.717) is 33.8 Å². The van der Waals surface area contributed by atoms with Crippen molar-refractivity contribution < 1.29 is 22.7 Å². The number of nitrogens with one attached hydrogen (secondary N) is 1. The van der Waals surface area contributed by atoms with E-state index in [-0.39, 0.29) is 0 Å². The maximum Gasteiger partial charge on any atom is 0.260 e.